The fourth-order valence-corrected chi connectivity index (χ4v) is 2.84. The Morgan fingerprint density at radius 1 is 1.56 bits per heavy atom. The van der Waals surface area contributed by atoms with Crippen LogP contribution in [0.1, 0.15) is 33.6 Å². The van der Waals surface area contributed by atoms with E-state index in [0.717, 1.165) is 25.1 Å². The molecule has 3 atom stereocenters. The zero-order valence-electron chi connectivity index (χ0n) is 11.2. The first-order valence-corrected chi connectivity index (χ1v) is 6.97. The van der Waals surface area contributed by atoms with Gasteiger partial charge in [0.2, 0.25) is 0 Å². The monoisotopic (exact) mass is 268 g/mol. The van der Waals surface area contributed by atoms with Gasteiger partial charge in [-0.25, -0.2) is 4.98 Å². The molecule has 0 spiro atoms. The Morgan fingerprint density at radius 2 is 2.33 bits per heavy atom. The number of pyridine rings is 1. The Kier molecular flexibility index (Phi) is 4.13. The fourth-order valence-electron chi connectivity index (χ4n) is 2.67. The fraction of sp³-hybridized carbons (Fsp3) is 0.643. The van der Waals surface area contributed by atoms with Gasteiger partial charge in [0.1, 0.15) is 5.15 Å². The molecule has 3 unspecified atom stereocenters. The third-order valence-electron chi connectivity index (χ3n) is 4.18. The van der Waals surface area contributed by atoms with Gasteiger partial charge in [0.05, 0.1) is 6.10 Å². The molecule has 18 heavy (non-hydrogen) atoms. The molecule has 0 radical (unpaired) electrons. The molecule has 1 aromatic rings. The molecule has 0 amide bonds. The molecule has 0 bridgehead atoms. The van der Waals surface area contributed by atoms with Crippen LogP contribution in [-0.4, -0.2) is 23.7 Å². The first-order chi connectivity index (χ1) is 8.60. The van der Waals surface area contributed by atoms with Crippen molar-refractivity contribution in [2.75, 3.05) is 11.9 Å². The first kappa shape index (κ1) is 13.6. The number of anilines is 1. The Bertz CT molecular complexity index is 413. The molecule has 1 aliphatic carbocycles. The van der Waals surface area contributed by atoms with Crippen LogP contribution in [0.3, 0.4) is 0 Å². The summed E-state index contributed by atoms with van der Waals surface area (Å²) in [5.41, 5.74) is 1.24. The van der Waals surface area contributed by atoms with Gasteiger partial charge in [-0.15, -0.1) is 0 Å². The molecule has 100 valence electrons. The van der Waals surface area contributed by atoms with Crippen molar-refractivity contribution in [2.24, 2.45) is 5.41 Å². The second kappa shape index (κ2) is 5.45. The van der Waals surface area contributed by atoms with Crippen molar-refractivity contribution in [1.29, 1.82) is 0 Å². The van der Waals surface area contributed by atoms with E-state index < -0.39 is 0 Å². The highest BCUT2D eigenvalue weighted by Gasteiger charge is 2.51. The molecular weight excluding hydrogens is 248 g/mol. The predicted molar refractivity (Wildman–Crippen MR) is 75.1 cm³/mol. The first-order valence-electron chi connectivity index (χ1n) is 6.59. The molecule has 0 saturated heterocycles. The highest BCUT2D eigenvalue weighted by atomic mass is 35.5. The minimum absolute atomic E-state index is 0.200. The van der Waals surface area contributed by atoms with Crippen molar-refractivity contribution < 1.29 is 4.74 Å². The molecule has 0 aliphatic heterocycles. The molecule has 2 rings (SSSR count). The van der Waals surface area contributed by atoms with Crippen LogP contribution in [0.15, 0.2) is 18.3 Å². The van der Waals surface area contributed by atoms with Gasteiger partial charge in [-0.05, 0) is 31.9 Å². The SMILES string of the molecule is CCOC1CC(Nc2ccnc(Cl)c2)C1(C)CC. The third-order valence-corrected chi connectivity index (χ3v) is 4.39. The van der Waals surface area contributed by atoms with Gasteiger partial charge in [0.15, 0.2) is 0 Å². The highest BCUT2D eigenvalue weighted by molar-refractivity contribution is 6.29. The summed E-state index contributed by atoms with van der Waals surface area (Å²) < 4.78 is 5.80. The minimum atomic E-state index is 0.200. The Hall–Kier alpha value is -0.800. The zero-order chi connectivity index (χ0) is 13.2. The summed E-state index contributed by atoms with van der Waals surface area (Å²) in [6.45, 7) is 7.35. The van der Waals surface area contributed by atoms with E-state index in [9.17, 15) is 0 Å². The van der Waals surface area contributed by atoms with Crippen molar-refractivity contribution in [1.82, 2.24) is 4.98 Å². The summed E-state index contributed by atoms with van der Waals surface area (Å²) in [7, 11) is 0. The number of hydrogen-bond donors (Lipinski definition) is 1. The van der Waals surface area contributed by atoms with Gasteiger partial charge in [0.25, 0.3) is 0 Å². The van der Waals surface area contributed by atoms with Crippen molar-refractivity contribution in [3.8, 4) is 0 Å². The molecule has 1 N–H and O–H groups in total. The van der Waals surface area contributed by atoms with Crippen LogP contribution in [0.25, 0.3) is 0 Å². The average Bonchev–Trinajstić information content (AvgIpc) is 2.36. The summed E-state index contributed by atoms with van der Waals surface area (Å²) >= 11 is 5.90. The molecule has 3 nitrogen and oxygen atoms in total. The van der Waals surface area contributed by atoms with E-state index in [1.807, 2.05) is 12.1 Å². The number of halogens is 1. The Balaban J connectivity index is 2.03. The van der Waals surface area contributed by atoms with Gasteiger partial charge in [0, 0.05) is 29.9 Å². The lowest BCUT2D eigenvalue weighted by molar-refractivity contribution is -0.109. The third kappa shape index (κ3) is 2.47. The van der Waals surface area contributed by atoms with Crippen molar-refractivity contribution in [2.45, 2.75) is 45.8 Å². The molecule has 0 aromatic carbocycles. The van der Waals surface area contributed by atoms with Crippen LogP contribution in [0, 0.1) is 5.41 Å². The topological polar surface area (TPSA) is 34.1 Å². The lowest BCUT2D eigenvalue weighted by Crippen LogP contribution is -2.59. The van der Waals surface area contributed by atoms with Gasteiger partial charge in [-0.1, -0.05) is 25.4 Å². The summed E-state index contributed by atoms with van der Waals surface area (Å²) in [5, 5.41) is 4.07. The van der Waals surface area contributed by atoms with Crippen LogP contribution in [-0.2, 0) is 4.74 Å². The van der Waals surface area contributed by atoms with E-state index in [1.165, 1.54) is 0 Å². The molecule has 1 saturated carbocycles. The van der Waals surface area contributed by atoms with Gasteiger partial charge in [-0.2, -0.15) is 0 Å². The lowest BCUT2D eigenvalue weighted by atomic mass is 9.61. The number of ether oxygens (including phenoxy) is 1. The maximum absolute atomic E-state index is 5.90. The lowest BCUT2D eigenvalue weighted by Gasteiger charge is -2.53. The zero-order valence-corrected chi connectivity index (χ0v) is 12.0. The summed E-state index contributed by atoms with van der Waals surface area (Å²) in [5.74, 6) is 0. The molecule has 1 aromatic heterocycles. The normalized spacial score (nSPS) is 30.9. The summed E-state index contributed by atoms with van der Waals surface area (Å²) in [6, 6.07) is 4.26. The molecular formula is C14H21ClN2O. The minimum Gasteiger partial charge on any atom is -0.381 e. The van der Waals surface area contributed by atoms with E-state index in [-0.39, 0.29) is 5.41 Å². The second-order valence-electron chi connectivity index (χ2n) is 5.10. The maximum atomic E-state index is 5.90. The standard InChI is InChI=1S/C14H21ClN2O/c1-4-14(3)11(9-12(14)18-5-2)17-10-6-7-16-13(15)8-10/h6-8,11-12H,4-5,9H2,1-3H3,(H,16,17). The largest absolute Gasteiger partial charge is 0.381 e. The average molecular weight is 269 g/mol. The Morgan fingerprint density at radius 3 is 2.94 bits per heavy atom. The predicted octanol–water partition coefficient (Wildman–Crippen LogP) is 3.74. The number of hydrogen-bond acceptors (Lipinski definition) is 3. The number of rotatable bonds is 5. The van der Waals surface area contributed by atoms with Crippen LogP contribution >= 0.6 is 11.6 Å². The van der Waals surface area contributed by atoms with Crippen molar-refractivity contribution >= 4 is 17.3 Å². The van der Waals surface area contributed by atoms with E-state index in [1.54, 1.807) is 6.20 Å². The van der Waals surface area contributed by atoms with E-state index in [0.29, 0.717) is 17.3 Å². The number of nitrogens with zero attached hydrogens (tertiary/aromatic N) is 1. The highest BCUT2D eigenvalue weighted by Crippen LogP contribution is 2.47. The van der Waals surface area contributed by atoms with Gasteiger partial charge < -0.3 is 10.1 Å². The summed E-state index contributed by atoms with van der Waals surface area (Å²) in [4.78, 5) is 3.99. The van der Waals surface area contributed by atoms with E-state index >= 15 is 0 Å². The number of aromatic nitrogens is 1. The molecule has 1 heterocycles. The smallest absolute Gasteiger partial charge is 0.131 e. The second-order valence-corrected chi connectivity index (χ2v) is 5.49. The Labute approximate surface area is 114 Å². The molecule has 4 heteroatoms. The quantitative estimate of drug-likeness (QED) is 0.826. The van der Waals surface area contributed by atoms with Crippen LogP contribution < -0.4 is 5.32 Å². The van der Waals surface area contributed by atoms with Gasteiger partial charge in [-0.3, -0.25) is 0 Å². The van der Waals surface area contributed by atoms with E-state index in [2.05, 4.69) is 31.1 Å². The summed E-state index contributed by atoms with van der Waals surface area (Å²) in [6.07, 6.45) is 4.25. The van der Waals surface area contributed by atoms with Crippen LogP contribution in [0.2, 0.25) is 5.15 Å². The van der Waals surface area contributed by atoms with Gasteiger partial charge >= 0.3 is 0 Å². The van der Waals surface area contributed by atoms with Crippen molar-refractivity contribution in [3.05, 3.63) is 23.5 Å². The number of nitrogens with one attached hydrogen (secondary N) is 1. The van der Waals surface area contributed by atoms with Crippen LogP contribution in [0.5, 0.6) is 0 Å². The maximum Gasteiger partial charge on any atom is 0.131 e. The van der Waals surface area contributed by atoms with Crippen LogP contribution in [0.4, 0.5) is 5.69 Å². The molecule has 1 aliphatic rings. The van der Waals surface area contributed by atoms with E-state index in [4.69, 9.17) is 16.3 Å². The molecule has 1 fully saturated rings. The van der Waals surface area contributed by atoms with Crippen molar-refractivity contribution in [3.63, 3.8) is 0 Å².